The van der Waals surface area contributed by atoms with Gasteiger partial charge < -0.3 is 0 Å². The lowest BCUT2D eigenvalue weighted by Crippen LogP contribution is -2.36. The summed E-state index contributed by atoms with van der Waals surface area (Å²) in [7, 11) is -6.71. The van der Waals surface area contributed by atoms with Crippen molar-refractivity contribution in [2.24, 2.45) is 0 Å². The Labute approximate surface area is 114 Å². The van der Waals surface area contributed by atoms with E-state index in [4.69, 9.17) is 0 Å². The predicted octanol–water partition coefficient (Wildman–Crippen LogP) is 0.336. The number of hydrogen-bond donors (Lipinski definition) is 1. The van der Waals surface area contributed by atoms with Crippen LogP contribution >= 0.6 is 0 Å². The van der Waals surface area contributed by atoms with Crippen molar-refractivity contribution in [3.63, 3.8) is 0 Å². The molecule has 2 rings (SSSR count). The smallest absolute Gasteiger partial charge is 0.215 e. The Morgan fingerprint density at radius 2 is 1.89 bits per heavy atom. The number of hydrogen-bond acceptors (Lipinski definition) is 4. The van der Waals surface area contributed by atoms with E-state index >= 15 is 0 Å². The zero-order valence-corrected chi connectivity index (χ0v) is 12.1. The number of nitrogens with one attached hydrogen (secondary N) is 1. The van der Waals surface area contributed by atoms with Crippen LogP contribution in [0.2, 0.25) is 0 Å². The van der Waals surface area contributed by atoms with Crippen molar-refractivity contribution in [3.8, 4) is 0 Å². The minimum absolute atomic E-state index is 0.0305. The van der Waals surface area contributed by atoms with Crippen LogP contribution in [0, 0.1) is 0 Å². The minimum atomic E-state index is -3.53. The van der Waals surface area contributed by atoms with Gasteiger partial charge in [0.1, 0.15) is 0 Å². The largest absolute Gasteiger partial charge is 0.229 e. The molecule has 1 aromatic rings. The maximum atomic E-state index is 11.9. The van der Waals surface area contributed by atoms with Crippen LogP contribution < -0.4 is 4.72 Å². The van der Waals surface area contributed by atoms with E-state index in [1.54, 1.807) is 0 Å². The molecule has 0 aromatic heterocycles. The van der Waals surface area contributed by atoms with E-state index in [1.165, 1.54) is 0 Å². The summed E-state index contributed by atoms with van der Waals surface area (Å²) >= 11 is 0. The van der Waals surface area contributed by atoms with Crippen LogP contribution in [-0.2, 0) is 26.3 Å². The topological polar surface area (TPSA) is 80.3 Å². The molecule has 0 aliphatic carbocycles. The average Bonchev–Trinajstić information content (AvgIpc) is 2.72. The van der Waals surface area contributed by atoms with Gasteiger partial charge in [-0.3, -0.25) is 0 Å². The molecule has 1 fully saturated rings. The molecular formula is C12H17NO4S2. The highest BCUT2D eigenvalue weighted by Crippen LogP contribution is 2.18. The van der Waals surface area contributed by atoms with Gasteiger partial charge >= 0.3 is 0 Å². The van der Waals surface area contributed by atoms with E-state index in [0.717, 1.165) is 5.56 Å². The summed E-state index contributed by atoms with van der Waals surface area (Å²) in [6, 6.07) is 9.54. The van der Waals surface area contributed by atoms with Gasteiger partial charge in [0.2, 0.25) is 10.0 Å². The Morgan fingerprint density at radius 3 is 2.47 bits per heavy atom. The van der Waals surface area contributed by atoms with Crippen LogP contribution in [0.15, 0.2) is 30.3 Å². The van der Waals surface area contributed by atoms with Crippen LogP contribution in [0.3, 0.4) is 0 Å². The second kappa shape index (κ2) is 5.60. The molecule has 1 saturated heterocycles. The summed E-state index contributed by atoms with van der Waals surface area (Å²) in [5.74, 6) is -0.287. The van der Waals surface area contributed by atoms with Gasteiger partial charge in [-0.25, -0.2) is 21.6 Å². The van der Waals surface area contributed by atoms with Gasteiger partial charge in [-0.05, 0) is 18.4 Å². The Bertz CT molecular complexity index is 623. The first-order chi connectivity index (χ1) is 8.89. The van der Waals surface area contributed by atoms with Crippen molar-refractivity contribution < 1.29 is 16.8 Å². The highest BCUT2D eigenvalue weighted by Gasteiger charge is 2.36. The van der Waals surface area contributed by atoms with Gasteiger partial charge in [-0.2, -0.15) is 0 Å². The standard InChI is InChI=1S/C12H17NO4S2/c14-18(15)9-7-12(10-18)19(16,17)13-8-6-11-4-2-1-3-5-11/h1-5,12-13H,6-10H2/t12-/m1/s1. The van der Waals surface area contributed by atoms with Crippen LogP contribution in [0.1, 0.15) is 12.0 Å². The Kier molecular flexibility index (Phi) is 4.27. The van der Waals surface area contributed by atoms with Crippen molar-refractivity contribution in [1.82, 2.24) is 4.72 Å². The zero-order valence-electron chi connectivity index (χ0n) is 10.4. The lowest BCUT2D eigenvalue weighted by Gasteiger charge is -2.11. The molecule has 0 amide bonds. The lowest BCUT2D eigenvalue weighted by molar-refractivity contribution is 0.568. The molecule has 7 heteroatoms. The van der Waals surface area contributed by atoms with Crippen molar-refractivity contribution >= 4 is 19.9 Å². The fourth-order valence-corrected chi connectivity index (χ4v) is 6.19. The highest BCUT2D eigenvalue weighted by molar-refractivity contribution is 7.95. The van der Waals surface area contributed by atoms with E-state index in [0.29, 0.717) is 13.0 Å². The number of sulfone groups is 1. The molecule has 1 aliphatic heterocycles. The molecule has 106 valence electrons. The van der Waals surface area contributed by atoms with Crippen molar-refractivity contribution in [3.05, 3.63) is 35.9 Å². The van der Waals surface area contributed by atoms with Gasteiger partial charge in [0, 0.05) is 6.54 Å². The monoisotopic (exact) mass is 303 g/mol. The maximum Gasteiger partial charge on any atom is 0.215 e. The third kappa shape index (κ3) is 4.02. The molecule has 1 heterocycles. The first kappa shape index (κ1) is 14.5. The highest BCUT2D eigenvalue weighted by atomic mass is 32.2. The summed E-state index contributed by atoms with van der Waals surface area (Å²) in [5, 5.41) is -0.798. The van der Waals surface area contributed by atoms with E-state index in [2.05, 4.69) is 4.72 Å². The van der Waals surface area contributed by atoms with Crippen LogP contribution in [0.5, 0.6) is 0 Å². The number of sulfonamides is 1. The first-order valence-corrected chi connectivity index (χ1v) is 9.49. The molecule has 0 unspecified atom stereocenters. The molecule has 0 radical (unpaired) electrons. The SMILES string of the molecule is O=S1(=O)CC[C@@H](S(=O)(=O)NCCc2ccccc2)C1. The van der Waals surface area contributed by atoms with E-state index < -0.39 is 25.1 Å². The molecule has 1 atom stereocenters. The predicted molar refractivity (Wildman–Crippen MR) is 74.1 cm³/mol. The quantitative estimate of drug-likeness (QED) is 0.850. The van der Waals surface area contributed by atoms with Gasteiger partial charge in [-0.15, -0.1) is 0 Å². The van der Waals surface area contributed by atoms with Crippen LogP contribution in [-0.4, -0.2) is 40.1 Å². The van der Waals surface area contributed by atoms with Gasteiger partial charge in [0.05, 0.1) is 16.8 Å². The molecule has 19 heavy (non-hydrogen) atoms. The van der Waals surface area contributed by atoms with Crippen molar-refractivity contribution in [2.45, 2.75) is 18.1 Å². The molecule has 1 aromatic carbocycles. The molecule has 1 N–H and O–H groups in total. The second-order valence-corrected chi connectivity index (χ2v) is 8.97. The fraction of sp³-hybridized carbons (Fsp3) is 0.500. The summed E-state index contributed by atoms with van der Waals surface area (Å²) < 4.78 is 48.9. The normalized spacial score (nSPS) is 22.4. The Balaban J connectivity index is 1.89. The van der Waals surface area contributed by atoms with E-state index in [1.807, 2.05) is 30.3 Å². The molecule has 5 nitrogen and oxygen atoms in total. The van der Waals surface area contributed by atoms with Gasteiger partial charge in [-0.1, -0.05) is 30.3 Å². The first-order valence-electron chi connectivity index (χ1n) is 6.12. The van der Waals surface area contributed by atoms with Gasteiger partial charge in [0.25, 0.3) is 0 Å². The minimum Gasteiger partial charge on any atom is -0.229 e. The van der Waals surface area contributed by atoms with Gasteiger partial charge in [0.15, 0.2) is 9.84 Å². The Morgan fingerprint density at radius 1 is 1.21 bits per heavy atom. The zero-order chi connectivity index (χ0) is 13.9. The van der Waals surface area contributed by atoms with Crippen LogP contribution in [0.25, 0.3) is 0 Å². The summed E-state index contributed by atoms with van der Waals surface area (Å²) in [6.45, 7) is 0.295. The molecular weight excluding hydrogens is 286 g/mol. The summed E-state index contributed by atoms with van der Waals surface area (Å²) in [5.41, 5.74) is 1.05. The molecule has 0 saturated carbocycles. The summed E-state index contributed by atoms with van der Waals surface area (Å²) in [6.07, 6.45) is 0.794. The van der Waals surface area contributed by atoms with E-state index in [9.17, 15) is 16.8 Å². The summed E-state index contributed by atoms with van der Waals surface area (Å²) in [4.78, 5) is 0. The lowest BCUT2D eigenvalue weighted by atomic mass is 10.2. The molecule has 0 bridgehead atoms. The number of rotatable bonds is 5. The van der Waals surface area contributed by atoms with Crippen molar-refractivity contribution in [1.29, 1.82) is 0 Å². The molecule has 1 aliphatic rings. The van der Waals surface area contributed by atoms with E-state index in [-0.39, 0.29) is 17.9 Å². The number of benzene rings is 1. The van der Waals surface area contributed by atoms with Crippen LogP contribution in [0.4, 0.5) is 0 Å². The van der Waals surface area contributed by atoms with Crippen molar-refractivity contribution in [2.75, 3.05) is 18.1 Å². The second-order valence-electron chi connectivity index (χ2n) is 4.70. The third-order valence-corrected chi connectivity index (χ3v) is 7.05. The molecule has 0 spiro atoms. The Hall–Kier alpha value is -0.920. The fourth-order valence-electron chi connectivity index (χ4n) is 2.11. The third-order valence-electron chi connectivity index (χ3n) is 3.19. The average molecular weight is 303 g/mol. The maximum absolute atomic E-state index is 11.9.